The number of aryl methyl sites for hydroxylation is 1. The van der Waals surface area contributed by atoms with Crippen molar-refractivity contribution in [1.82, 2.24) is 20.1 Å². The first-order chi connectivity index (χ1) is 17.1. The smallest absolute Gasteiger partial charge is 0.410 e. The second-order valence-corrected chi connectivity index (χ2v) is 11.7. The van der Waals surface area contributed by atoms with E-state index in [0.29, 0.717) is 11.7 Å². The summed E-state index contributed by atoms with van der Waals surface area (Å²) < 4.78 is 0. The minimum absolute atomic E-state index is 0.153. The molecule has 0 aliphatic carbocycles. The maximum atomic E-state index is 12.1. The molecule has 0 fully saturated rings. The molecule has 0 atom stereocenters. The molecular weight excluding hydrogens is 494 g/mol. The monoisotopic (exact) mass is 533 g/mol. The lowest BCUT2D eigenvalue weighted by Crippen LogP contribution is -2.68. The summed E-state index contributed by atoms with van der Waals surface area (Å²) in [5, 5.41) is 28.2. The molecule has 0 saturated heterocycles. The van der Waals surface area contributed by atoms with E-state index in [1.807, 2.05) is 29.6 Å². The highest BCUT2D eigenvalue weighted by Crippen LogP contribution is 2.26. The second kappa shape index (κ2) is 12.4. The minimum Gasteiger partial charge on any atom is -0.465 e. The maximum Gasteiger partial charge on any atom is 0.410 e. The van der Waals surface area contributed by atoms with Crippen LogP contribution >= 0.6 is 11.3 Å². The topological polar surface area (TPSA) is 135 Å². The molecule has 0 saturated carbocycles. The lowest BCUT2D eigenvalue weighted by atomic mass is 10.0. The number of hydrogen-bond donors (Lipinski definition) is 4. The van der Waals surface area contributed by atoms with Crippen molar-refractivity contribution in [3.8, 4) is 11.3 Å². The zero-order valence-electron chi connectivity index (χ0n) is 22.7. The van der Waals surface area contributed by atoms with Gasteiger partial charge in [0, 0.05) is 28.9 Å². The van der Waals surface area contributed by atoms with Gasteiger partial charge in [-0.2, -0.15) is 0 Å². The fourth-order valence-corrected chi connectivity index (χ4v) is 4.72. The summed E-state index contributed by atoms with van der Waals surface area (Å²) in [5.41, 5.74) is 1.29. The van der Waals surface area contributed by atoms with E-state index >= 15 is 0 Å². The van der Waals surface area contributed by atoms with Crippen LogP contribution in [-0.2, 0) is 11.2 Å². The Labute approximate surface area is 222 Å². The first-order valence-electron chi connectivity index (χ1n) is 12.2. The largest absolute Gasteiger partial charge is 0.465 e. The van der Waals surface area contributed by atoms with Crippen molar-refractivity contribution in [2.75, 3.05) is 11.9 Å². The van der Waals surface area contributed by atoms with E-state index in [-0.39, 0.29) is 5.91 Å². The summed E-state index contributed by atoms with van der Waals surface area (Å²) in [6.07, 6.45) is -1.01. The van der Waals surface area contributed by atoms with E-state index < -0.39 is 29.6 Å². The summed E-state index contributed by atoms with van der Waals surface area (Å²) >= 11 is 1.38. The summed E-state index contributed by atoms with van der Waals surface area (Å²) in [5.74, 6) is -0.153. The van der Waals surface area contributed by atoms with Gasteiger partial charge in [-0.1, -0.05) is 24.3 Å². The average Bonchev–Trinajstić information content (AvgIpc) is 3.19. The molecule has 4 N–H and O–H groups in total. The van der Waals surface area contributed by atoms with Crippen LogP contribution in [0.3, 0.4) is 0 Å². The number of hydrogen-bond acceptors (Lipinski definition) is 6. The van der Waals surface area contributed by atoms with Crippen molar-refractivity contribution in [1.29, 1.82) is 0 Å². The fraction of sp³-hybridized carbons (Fsp3) is 0.538. The Balaban J connectivity index is 2.00. The Bertz CT molecular complexity index is 1040. The highest BCUT2D eigenvalue weighted by molar-refractivity contribution is 7.14. The van der Waals surface area contributed by atoms with Gasteiger partial charge < -0.3 is 15.5 Å². The zero-order chi connectivity index (χ0) is 28.0. The van der Waals surface area contributed by atoms with Gasteiger partial charge in [0.15, 0.2) is 11.4 Å². The molecule has 3 amide bonds. The van der Waals surface area contributed by atoms with Gasteiger partial charge in [0.1, 0.15) is 0 Å². The molecule has 1 aromatic carbocycles. The average molecular weight is 534 g/mol. The highest BCUT2D eigenvalue weighted by atomic mass is 32.1. The number of carbonyl (C=O) groups is 3. The number of unbranched alkanes of at least 4 members (excludes halogenated alkanes) is 1. The lowest BCUT2D eigenvalue weighted by Gasteiger charge is -2.48. The van der Waals surface area contributed by atoms with Gasteiger partial charge in [-0.05, 0) is 72.9 Å². The number of amides is 3. The van der Waals surface area contributed by atoms with Gasteiger partial charge in [-0.15, -0.1) is 11.3 Å². The molecular formula is C26H39N5O5S. The third-order valence-corrected chi connectivity index (χ3v) is 6.36. The minimum atomic E-state index is -1.19. The van der Waals surface area contributed by atoms with Gasteiger partial charge >= 0.3 is 12.2 Å². The second-order valence-electron chi connectivity index (χ2n) is 10.8. The Kier molecular flexibility index (Phi) is 10.0. The highest BCUT2D eigenvalue weighted by Gasteiger charge is 2.42. The van der Waals surface area contributed by atoms with E-state index in [0.717, 1.165) is 45.9 Å². The third-order valence-electron chi connectivity index (χ3n) is 5.60. The summed E-state index contributed by atoms with van der Waals surface area (Å²) in [4.78, 5) is 42.2. The Morgan fingerprint density at radius 3 is 1.95 bits per heavy atom. The fourth-order valence-electron chi connectivity index (χ4n) is 3.96. The molecule has 11 heteroatoms. The normalized spacial score (nSPS) is 11.9. The van der Waals surface area contributed by atoms with Crippen LogP contribution in [0.1, 0.15) is 66.9 Å². The quantitative estimate of drug-likeness (QED) is 0.233. The van der Waals surface area contributed by atoms with E-state index in [9.17, 15) is 24.6 Å². The third kappa shape index (κ3) is 8.71. The molecule has 37 heavy (non-hydrogen) atoms. The number of rotatable bonds is 10. The molecule has 0 aliphatic rings. The SMILES string of the molecule is CC(=O)Nc1nc(-c2ccc(CCCCNC(N(C(=O)O)C(C)(C)C)N(C(=O)O)C(C)(C)C)cc2)cs1. The summed E-state index contributed by atoms with van der Waals surface area (Å²) in [6.45, 7) is 12.4. The molecule has 1 heterocycles. The van der Waals surface area contributed by atoms with Crippen molar-refractivity contribution in [2.24, 2.45) is 0 Å². The van der Waals surface area contributed by atoms with Crippen LogP contribution in [-0.4, -0.2) is 67.0 Å². The van der Waals surface area contributed by atoms with Crippen molar-refractivity contribution in [3.05, 3.63) is 35.2 Å². The number of carboxylic acid groups (broad SMARTS) is 2. The zero-order valence-corrected chi connectivity index (χ0v) is 23.5. The molecule has 0 bridgehead atoms. The number of benzene rings is 1. The number of carbonyl (C=O) groups excluding carboxylic acids is 1. The van der Waals surface area contributed by atoms with Crippen molar-refractivity contribution in [3.63, 3.8) is 0 Å². The molecule has 0 unspecified atom stereocenters. The summed E-state index contributed by atoms with van der Waals surface area (Å²) in [7, 11) is 0. The standard InChI is InChI=1S/C26H39N5O5S/c1-17(32)28-21-29-20(16-37-21)19-13-11-18(12-14-19)10-8-9-15-27-22(30(23(33)34)25(2,3)4)31(24(35)36)26(5,6)7/h11-14,16,22,27H,8-10,15H2,1-7H3,(H,33,34)(H,35,36)(H,28,29,32). The Morgan fingerprint density at radius 1 is 0.946 bits per heavy atom. The van der Waals surface area contributed by atoms with E-state index in [4.69, 9.17) is 0 Å². The van der Waals surface area contributed by atoms with Crippen LogP contribution in [0, 0.1) is 0 Å². The molecule has 1 aromatic heterocycles. The predicted molar refractivity (Wildman–Crippen MR) is 146 cm³/mol. The van der Waals surface area contributed by atoms with E-state index in [1.165, 1.54) is 18.3 Å². The van der Waals surface area contributed by atoms with Crippen molar-refractivity contribution >= 4 is 34.6 Å². The first kappa shape index (κ1) is 30.0. The molecule has 0 radical (unpaired) electrons. The predicted octanol–water partition coefficient (Wildman–Crippen LogP) is 5.52. The van der Waals surface area contributed by atoms with Gasteiger partial charge in [0.05, 0.1) is 5.69 Å². The number of aromatic nitrogens is 1. The van der Waals surface area contributed by atoms with Gasteiger partial charge in [0.25, 0.3) is 0 Å². The molecule has 204 valence electrons. The van der Waals surface area contributed by atoms with Gasteiger partial charge in [-0.25, -0.2) is 14.6 Å². The lowest BCUT2D eigenvalue weighted by molar-refractivity contribution is -0.114. The molecule has 2 rings (SSSR count). The first-order valence-corrected chi connectivity index (χ1v) is 13.1. The Morgan fingerprint density at radius 2 is 1.49 bits per heavy atom. The number of nitrogens with zero attached hydrogens (tertiary/aromatic N) is 3. The number of nitrogens with one attached hydrogen (secondary N) is 2. The van der Waals surface area contributed by atoms with Gasteiger partial charge in [-0.3, -0.25) is 19.9 Å². The Hall–Kier alpha value is -3.18. The molecule has 0 aliphatic heterocycles. The summed E-state index contributed by atoms with van der Waals surface area (Å²) in [6, 6.07) is 8.08. The van der Waals surface area contributed by atoms with Gasteiger partial charge in [0.2, 0.25) is 5.91 Å². The van der Waals surface area contributed by atoms with Crippen LogP contribution in [0.15, 0.2) is 29.6 Å². The van der Waals surface area contributed by atoms with E-state index in [1.54, 1.807) is 41.5 Å². The van der Waals surface area contributed by atoms with Crippen LogP contribution in [0.2, 0.25) is 0 Å². The molecule has 2 aromatic rings. The van der Waals surface area contributed by atoms with Crippen LogP contribution in [0.25, 0.3) is 11.3 Å². The maximum absolute atomic E-state index is 12.1. The number of anilines is 1. The van der Waals surface area contributed by atoms with E-state index in [2.05, 4.69) is 15.6 Å². The van der Waals surface area contributed by atoms with Crippen LogP contribution < -0.4 is 10.6 Å². The van der Waals surface area contributed by atoms with Crippen molar-refractivity contribution < 1.29 is 24.6 Å². The van der Waals surface area contributed by atoms with Crippen molar-refractivity contribution in [2.45, 2.75) is 85.1 Å². The number of thiazole rings is 1. The molecule has 0 spiro atoms. The molecule has 10 nitrogen and oxygen atoms in total. The van der Waals surface area contributed by atoms with Crippen LogP contribution in [0.4, 0.5) is 14.7 Å². The van der Waals surface area contributed by atoms with Crippen LogP contribution in [0.5, 0.6) is 0 Å².